The maximum absolute atomic E-state index is 11.5. The van der Waals surface area contributed by atoms with Crippen molar-refractivity contribution in [3.63, 3.8) is 0 Å². The molecule has 2 unspecified atom stereocenters. The highest BCUT2D eigenvalue weighted by Crippen LogP contribution is 2.22. The number of Topliss-reactive ketones (excluding diaryl/α,β-unsaturated/α-hetero) is 1. The van der Waals surface area contributed by atoms with Crippen LogP contribution in [-0.4, -0.2) is 18.5 Å². The van der Waals surface area contributed by atoms with E-state index in [2.05, 4.69) is 0 Å². The van der Waals surface area contributed by atoms with Gasteiger partial charge in [-0.25, -0.2) is 0 Å². The highest BCUT2D eigenvalue weighted by atomic mass is 16.5. The molecule has 1 aromatic rings. The first-order valence-corrected chi connectivity index (χ1v) is 5.83. The molecule has 1 aromatic carbocycles. The number of hydrogen-bond acceptors (Lipinski definition) is 2. The lowest BCUT2D eigenvalue weighted by molar-refractivity contribution is -0.129. The molecule has 0 aromatic heterocycles. The molecule has 0 fully saturated rings. The minimum atomic E-state index is -0.317. The third kappa shape index (κ3) is 3.46. The Hall–Kier alpha value is -1.15. The minimum Gasteiger partial charge on any atom is -0.370 e. The van der Waals surface area contributed by atoms with Crippen LogP contribution in [0.3, 0.4) is 0 Å². The van der Waals surface area contributed by atoms with Crippen molar-refractivity contribution >= 4 is 5.78 Å². The van der Waals surface area contributed by atoms with Crippen molar-refractivity contribution in [1.82, 2.24) is 0 Å². The monoisotopic (exact) mass is 220 g/mol. The summed E-state index contributed by atoms with van der Waals surface area (Å²) in [5, 5.41) is 0. The number of rotatable bonds is 6. The summed E-state index contributed by atoms with van der Waals surface area (Å²) in [6.45, 7) is 6.32. The molecular formula is C14H20O2. The summed E-state index contributed by atoms with van der Waals surface area (Å²) in [7, 11) is 0. The topological polar surface area (TPSA) is 26.3 Å². The van der Waals surface area contributed by atoms with Crippen LogP contribution in [0.25, 0.3) is 0 Å². The summed E-state index contributed by atoms with van der Waals surface area (Å²) in [5.41, 5.74) is 1.15. The largest absolute Gasteiger partial charge is 0.370 e. The molecule has 0 bridgehead atoms. The van der Waals surface area contributed by atoms with Crippen LogP contribution in [0.1, 0.15) is 38.7 Å². The number of ether oxygens (including phenoxy) is 1. The summed E-state index contributed by atoms with van der Waals surface area (Å²) in [6, 6.07) is 10.0. The van der Waals surface area contributed by atoms with Gasteiger partial charge in [0.1, 0.15) is 6.10 Å². The SMILES string of the molecule is CCCOC(C(C)=O)C(C)c1ccccc1. The van der Waals surface area contributed by atoms with Gasteiger partial charge in [0.15, 0.2) is 5.78 Å². The van der Waals surface area contributed by atoms with Gasteiger partial charge in [-0.15, -0.1) is 0 Å². The van der Waals surface area contributed by atoms with E-state index < -0.39 is 0 Å². The highest BCUT2D eigenvalue weighted by molar-refractivity contribution is 5.81. The molecule has 0 amide bonds. The Kier molecular flexibility index (Phi) is 5.20. The van der Waals surface area contributed by atoms with E-state index in [1.165, 1.54) is 0 Å². The number of hydrogen-bond donors (Lipinski definition) is 0. The van der Waals surface area contributed by atoms with Crippen molar-refractivity contribution in [2.24, 2.45) is 0 Å². The zero-order valence-corrected chi connectivity index (χ0v) is 10.3. The lowest BCUT2D eigenvalue weighted by Crippen LogP contribution is -2.28. The van der Waals surface area contributed by atoms with Gasteiger partial charge in [-0.3, -0.25) is 4.79 Å². The fraction of sp³-hybridized carbons (Fsp3) is 0.500. The van der Waals surface area contributed by atoms with Gasteiger partial charge < -0.3 is 4.74 Å². The quantitative estimate of drug-likeness (QED) is 0.736. The molecule has 0 heterocycles. The Morgan fingerprint density at radius 3 is 2.44 bits per heavy atom. The average Bonchev–Trinajstić information content (AvgIpc) is 2.30. The lowest BCUT2D eigenvalue weighted by Gasteiger charge is -2.22. The molecule has 88 valence electrons. The molecule has 0 radical (unpaired) electrons. The van der Waals surface area contributed by atoms with Crippen molar-refractivity contribution < 1.29 is 9.53 Å². The summed E-state index contributed by atoms with van der Waals surface area (Å²) < 4.78 is 5.62. The van der Waals surface area contributed by atoms with Gasteiger partial charge >= 0.3 is 0 Å². The number of carbonyl (C=O) groups excluding carboxylic acids is 1. The van der Waals surface area contributed by atoms with Crippen molar-refractivity contribution in [2.45, 2.75) is 39.2 Å². The van der Waals surface area contributed by atoms with E-state index in [9.17, 15) is 4.79 Å². The maximum Gasteiger partial charge on any atom is 0.159 e. The first-order valence-electron chi connectivity index (χ1n) is 5.83. The van der Waals surface area contributed by atoms with Gasteiger partial charge in [0.2, 0.25) is 0 Å². The molecule has 2 nitrogen and oxygen atoms in total. The Morgan fingerprint density at radius 2 is 1.94 bits per heavy atom. The zero-order chi connectivity index (χ0) is 12.0. The molecule has 0 aliphatic carbocycles. The van der Waals surface area contributed by atoms with Crippen LogP contribution >= 0.6 is 0 Å². The van der Waals surface area contributed by atoms with Gasteiger partial charge in [-0.1, -0.05) is 44.2 Å². The van der Waals surface area contributed by atoms with Gasteiger partial charge in [0.25, 0.3) is 0 Å². The highest BCUT2D eigenvalue weighted by Gasteiger charge is 2.23. The molecule has 2 heteroatoms. The molecular weight excluding hydrogens is 200 g/mol. The molecule has 0 spiro atoms. The molecule has 16 heavy (non-hydrogen) atoms. The van der Waals surface area contributed by atoms with Crippen LogP contribution in [0, 0.1) is 0 Å². The van der Waals surface area contributed by atoms with Crippen molar-refractivity contribution in [1.29, 1.82) is 0 Å². The molecule has 1 rings (SSSR count). The lowest BCUT2D eigenvalue weighted by atomic mass is 9.93. The van der Waals surface area contributed by atoms with E-state index in [1.807, 2.05) is 44.2 Å². The Balaban J connectivity index is 2.75. The predicted molar refractivity (Wildman–Crippen MR) is 65.6 cm³/mol. The van der Waals surface area contributed by atoms with Crippen LogP contribution in [0.2, 0.25) is 0 Å². The second-order valence-electron chi connectivity index (χ2n) is 4.10. The predicted octanol–water partition coefficient (Wildman–Crippen LogP) is 3.17. The zero-order valence-electron chi connectivity index (χ0n) is 10.3. The number of benzene rings is 1. The normalized spacial score (nSPS) is 14.4. The maximum atomic E-state index is 11.5. The van der Waals surface area contributed by atoms with Crippen molar-refractivity contribution in [3.8, 4) is 0 Å². The third-order valence-corrected chi connectivity index (χ3v) is 2.68. The molecule has 0 saturated heterocycles. The Labute approximate surface area is 97.6 Å². The Morgan fingerprint density at radius 1 is 1.31 bits per heavy atom. The van der Waals surface area contributed by atoms with Gasteiger partial charge in [0, 0.05) is 12.5 Å². The Bertz CT molecular complexity index is 319. The fourth-order valence-corrected chi connectivity index (χ4v) is 1.79. The van der Waals surface area contributed by atoms with Gasteiger partial charge in [-0.05, 0) is 18.9 Å². The first-order chi connectivity index (χ1) is 7.66. The standard InChI is InChI=1S/C14H20O2/c1-4-10-16-14(12(3)15)11(2)13-8-6-5-7-9-13/h5-9,11,14H,4,10H2,1-3H3. The van der Waals surface area contributed by atoms with E-state index in [-0.39, 0.29) is 17.8 Å². The first kappa shape index (κ1) is 12.9. The van der Waals surface area contributed by atoms with Crippen LogP contribution in [-0.2, 0) is 9.53 Å². The van der Waals surface area contributed by atoms with Gasteiger partial charge in [-0.2, -0.15) is 0 Å². The summed E-state index contributed by atoms with van der Waals surface area (Å²) in [4.78, 5) is 11.5. The van der Waals surface area contributed by atoms with E-state index in [0.717, 1.165) is 12.0 Å². The summed E-state index contributed by atoms with van der Waals surface area (Å²) in [5.74, 6) is 0.218. The van der Waals surface area contributed by atoms with E-state index in [0.29, 0.717) is 6.61 Å². The summed E-state index contributed by atoms with van der Waals surface area (Å²) in [6.07, 6.45) is 0.619. The van der Waals surface area contributed by atoms with Crippen LogP contribution in [0.4, 0.5) is 0 Å². The average molecular weight is 220 g/mol. The third-order valence-electron chi connectivity index (χ3n) is 2.68. The van der Waals surface area contributed by atoms with E-state index >= 15 is 0 Å². The van der Waals surface area contributed by atoms with E-state index in [1.54, 1.807) is 6.92 Å². The summed E-state index contributed by atoms with van der Waals surface area (Å²) >= 11 is 0. The van der Waals surface area contributed by atoms with Crippen molar-refractivity contribution in [2.75, 3.05) is 6.61 Å². The molecule has 0 N–H and O–H groups in total. The van der Waals surface area contributed by atoms with Crippen molar-refractivity contribution in [3.05, 3.63) is 35.9 Å². The smallest absolute Gasteiger partial charge is 0.159 e. The molecule has 0 aliphatic rings. The molecule has 2 atom stereocenters. The number of carbonyl (C=O) groups is 1. The molecule has 0 aliphatic heterocycles. The molecule has 0 saturated carbocycles. The van der Waals surface area contributed by atoms with Crippen LogP contribution in [0.15, 0.2) is 30.3 Å². The van der Waals surface area contributed by atoms with Gasteiger partial charge in [0.05, 0.1) is 0 Å². The number of ketones is 1. The van der Waals surface area contributed by atoms with E-state index in [4.69, 9.17) is 4.74 Å². The fourth-order valence-electron chi connectivity index (χ4n) is 1.79. The second-order valence-corrected chi connectivity index (χ2v) is 4.10. The van der Waals surface area contributed by atoms with Crippen LogP contribution in [0.5, 0.6) is 0 Å². The second kappa shape index (κ2) is 6.44. The minimum absolute atomic E-state index is 0.102. The van der Waals surface area contributed by atoms with Crippen LogP contribution < -0.4 is 0 Å².